The number of nitriles is 1. The molecule has 98 valence electrons. The summed E-state index contributed by atoms with van der Waals surface area (Å²) in [6.07, 6.45) is -2.88. The van der Waals surface area contributed by atoms with E-state index in [1.54, 1.807) is 11.6 Å². The number of thiazole rings is 1. The van der Waals surface area contributed by atoms with Gasteiger partial charge in [-0.15, -0.1) is 11.3 Å². The highest BCUT2D eigenvalue weighted by atomic mass is 32.1. The molecule has 0 saturated heterocycles. The zero-order valence-electron chi connectivity index (χ0n) is 9.53. The average molecular weight is 283 g/mol. The summed E-state index contributed by atoms with van der Waals surface area (Å²) in [6.45, 7) is 0.190. The molecule has 0 fully saturated rings. The second-order valence-corrected chi connectivity index (χ2v) is 4.63. The molecule has 0 aliphatic carbocycles. The quantitative estimate of drug-likeness (QED) is 0.935. The molecule has 1 N–H and O–H groups in total. The lowest BCUT2D eigenvalue weighted by Gasteiger charge is -2.14. The number of benzene rings is 1. The first-order valence-electron chi connectivity index (χ1n) is 5.24. The van der Waals surface area contributed by atoms with Gasteiger partial charge in [-0.25, -0.2) is 4.98 Å². The normalized spacial score (nSPS) is 11.1. The van der Waals surface area contributed by atoms with Crippen LogP contribution in [0, 0.1) is 11.3 Å². The molecule has 19 heavy (non-hydrogen) atoms. The SMILES string of the molecule is N#Cc1ccc(C(F)(F)F)c(NCc2nccs2)c1. The van der Waals surface area contributed by atoms with E-state index in [9.17, 15) is 13.2 Å². The van der Waals surface area contributed by atoms with Crippen LogP contribution in [0.1, 0.15) is 16.1 Å². The van der Waals surface area contributed by atoms with Crippen LogP contribution < -0.4 is 5.32 Å². The van der Waals surface area contributed by atoms with E-state index < -0.39 is 11.7 Å². The first-order valence-corrected chi connectivity index (χ1v) is 6.12. The Balaban J connectivity index is 2.28. The second kappa shape index (κ2) is 5.28. The van der Waals surface area contributed by atoms with Gasteiger partial charge in [0.05, 0.1) is 23.7 Å². The standard InChI is InChI=1S/C12H8F3N3S/c13-12(14,15)9-2-1-8(6-16)5-10(9)18-7-11-17-3-4-19-11/h1-5,18H,7H2. The van der Waals surface area contributed by atoms with Gasteiger partial charge in [-0.2, -0.15) is 18.4 Å². The molecular formula is C12H8F3N3S. The van der Waals surface area contributed by atoms with E-state index in [1.165, 1.54) is 17.4 Å². The summed E-state index contributed by atoms with van der Waals surface area (Å²) in [6, 6.07) is 5.07. The van der Waals surface area contributed by atoms with Crippen molar-refractivity contribution in [2.24, 2.45) is 0 Å². The third kappa shape index (κ3) is 3.23. The molecule has 0 spiro atoms. The molecular weight excluding hydrogens is 275 g/mol. The van der Waals surface area contributed by atoms with Gasteiger partial charge in [-0.3, -0.25) is 0 Å². The lowest BCUT2D eigenvalue weighted by Crippen LogP contribution is -2.11. The van der Waals surface area contributed by atoms with Crippen molar-refractivity contribution in [2.75, 3.05) is 5.32 Å². The van der Waals surface area contributed by atoms with Gasteiger partial charge in [0.1, 0.15) is 5.01 Å². The van der Waals surface area contributed by atoms with Crippen LogP contribution >= 0.6 is 11.3 Å². The summed E-state index contributed by atoms with van der Waals surface area (Å²) in [5, 5.41) is 13.8. The van der Waals surface area contributed by atoms with E-state index in [-0.39, 0.29) is 17.8 Å². The Morgan fingerprint density at radius 3 is 2.74 bits per heavy atom. The molecule has 0 radical (unpaired) electrons. The van der Waals surface area contributed by atoms with Gasteiger partial charge in [0.15, 0.2) is 0 Å². The summed E-state index contributed by atoms with van der Waals surface area (Å²) >= 11 is 1.35. The van der Waals surface area contributed by atoms with E-state index >= 15 is 0 Å². The molecule has 1 aromatic carbocycles. The maximum Gasteiger partial charge on any atom is 0.418 e. The average Bonchev–Trinajstić information content (AvgIpc) is 2.88. The van der Waals surface area contributed by atoms with Crippen LogP contribution in [-0.4, -0.2) is 4.98 Å². The van der Waals surface area contributed by atoms with E-state index in [4.69, 9.17) is 5.26 Å². The number of alkyl halides is 3. The number of aromatic nitrogens is 1. The first kappa shape index (κ1) is 13.4. The molecule has 0 aliphatic heterocycles. The molecule has 2 rings (SSSR count). The first-order chi connectivity index (χ1) is 9.00. The number of rotatable bonds is 3. The predicted octanol–water partition coefficient (Wildman–Crippen LogP) is 3.65. The molecule has 7 heteroatoms. The summed E-state index contributed by atoms with van der Waals surface area (Å²) in [5.74, 6) is 0. The van der Waals surface area contributed by atoms with Crippen LogP contribution in [0.15, 0.2) is 29.8 Å². The van der Waals surface area contributed by atoms with Crippen molar-refractivity contribution in [3.8, 4) is 6.07 Å². The minimum Gasteiger partial charge on any atom is -0.378 e. The monoisotopic (exact) mass is 283 g/mol. The lowest BCUT2D eigenvalue weighted by atomic mass is 10.1. The summed E-state index contributed by atoms with van der Waals surface area (Å²) < 4.78 is 38.4. The highest BCUT2D eigenvalue weighted by Gasteiger charge is 2.33. The van der Waals surface area contributed by atoms with E-state index in [0.29, 0.717) is 5.01 Å². The van der Waals surface area contributed by atoms with Crippen LogP contribution in [0.5, 0.6) is 0 Å². The van der Waals surface area contributed by atoms with Gasteiger partial charge in [-0.1, -0.05) is 0 Å². The number of nitrogens with one attached hydrogen (secondary N) is 1. The van der Waals surface area contributed by atoms with Gasteiger partial charge in [0.2, 0.25) is 0 Å². The molecule has 0 unspecified atom stereocenters. The molecule has 1 aromatic heterocycles. The summed E-state index contributed by atoms with van der Waals surface area (Å²) in [7, 11) is 0. The largest absolute Gasteiger partial charge is 0.418 e. The van der Waals surface area contributed by atoms with Crippen molar-refractivity contribution < 1.29 is 13.2 Å². The topological polar surface area (TPSA) is 48.7 Å². The van der Waals surface area contributed by atoms with Gasteiger partial charge in [0.25, 0.3) is 0 Å². The zero-order chi connectivity index (χ0) is 13.9. The van der Waals surface area contributed by atoms with Gasteiger partial charge in [0, 0.05) is 17.3 Å². The van der Waals surface area contributed by atoms with Crippen LogP contribution in [0.4, 0.5) is 18.9 Å². The number of halogens is 3. The molecule has 1 heterocycles. The highest BCUT2D eigenvalue weighted by molar-refractivity contribution is 7.09. The van der Waals surface area contributed by atoms with Gasteiger partial charge < -0.3 is 5.32 Å². The maximum atomic E-state index is 12.8. The molecule has 0 bridgehead atoms. The van der Waals surface area contributed by atoms with Crippen molar-refractivity contribution in [1.29, 1.82) is 5.26 Å². The lowest BCUT2D eigenvalue weighted by molar-refractivity contribution is -0.136. The Hall–Kier alpha value is -2.07. The maximum absolute atomic E-state index is 12.8. The third-order valence-corrected chi connectivity index (χ3v) is 3.15. The molecule has 0 aliphatic rings. The number of anilines is 1. The number of nitrogens with zero attached hydrogens (tertiary/aromatic N) is 2. The van der Waals surface area contributed by atoms with Crippen LogP contribution in [0.25, 0.3) is 0 Å². The van der Waals surface area contributed by atoms with E-state index in [1.807, 2.05) is 6.07 Å². The molecule has 0 saturated carbocycles. The molecule has 0 amide bonds. The van der Waals surface area contributed by atoms with Crippen molar-refractivity contribution in [2.45, 2.75) is 12.7 Å². The number of hydrogen-bond acceptors (Lipinski definition) is 4. The summed E-state index contributed by atoms with van der Waals surface area (Å²) in [5.41, 5.74) is -0.723. The zero-order valence-corrected chi connectivity index (χ0v) is 10.3. The van der Waals surface area contributed by atoms with Crippen molar-refractivity contribution in [1.82, 2.24) is 4.98 Å². The minimum atomic E-state index is -4.46. The highest BCUT2D eigenvalue weighted by Crippen LogP contribution is 2.35. The Kier molecular flexibility index (Phi) is 3.71. The Morgan fingerprint density at radius 1 is 1.37 bits per heavy atom. The fraction of sp³-hybridized carbons (Fsp3) is 0.167. The van der Waals surface area contributed by atoms with Crippen LogP contribution in [-0.2, 0) is 12.7 Å². The second-order valence-electron chi connectivity index (χ2n) is 3.65. The fourth-order valence-electron chi connectivity index (χ4n) is 1.52. The predicted molar refractivity (Wildman–Crippen MR) is 65.6 cm³/mol. The molecule has 3 nitrogen and oxygen atoms in total. The summed E-state index contributed by atoms with van der Waals surface area (Å²) in [4.78, 5) is 3.98. The third-order valence-electron chi connectivity index (χ3n) is 2.37. The van der Waals surface area contributed by atoms with E-state index in [0.717, 1.165) is 12.1 Å². The molecule has 0 atom stereocenters. The van der Waals surface area contributed by atoms with Gasteiger partial charge >= 0.3 is 6.18 Å². The van der Waals surface area contributed by atoms with Crippen molar-refractivity contribution in [3.63, 3.8) is 0 Å². The van der Waals surface area contributed by atoms with E-state index in [2.05, 4.69) is 10.3 Å². The van der Waals surface area contributed by atoms with Gasteiger partial charge in [-0.05, 0) is 18.2 Å². The Morgan fingerprint density at radius 2 is 2.16 bits per heavy atom. The van der Waals surface area contributed by atoms with Crippen molar-refractivity contribution in [3.05, 3.63) is 45.9 Å². The van der Waals surface area contributed by atoms with Crippen molar-refractivity contribution >= 4 is 17.0 Å². The van der Waals surface area contributed by atoms with Crippen LogP contribution in [0.2, 0.25) is 0 Å². The Labute approximate surface area is 111 Å². The fourth-order valence-corrected chi connectivity index (χ4v) is 2.07. The number of hydrogen-bond donors (Lipinski definition) is 1. The Bertz CT molecular complexity index is 600. The minimum absolute atomic E-state index is 0.109. The van der Waals surface area contributed by atoms with Crippen LogP contribution in [0.3, 0.4) is 0 Å². The molecule has 2 aromatic rings. The smallest absolute Gasteiger partial charge is 0.378 e.